The number of amides is 2. The quantitative estimate of drug-likeness (QED) is 0.625. The number of rotatable bonds is 7. The van der Waals surface area contributed by atoms with Crippen LogP contribution < -0.4 is 10.6 Å². The largest absolute Gasteiger partial charge is 0.387 e. The molecule has 1 unspecified atom stereocenters. The molecule has 0 aromatic heterocycles. The molecule has 4 nitrogen and oxygen atoms in total. The number of nitrogens with one attached hydrogen (secondary N) is 2. The van der Waals surface area contributed by atoms with Crippen molar-refractivity contribution in [2.24, 2.45) is 5.41 Å². The monoisotopic (exact) mass is 276 g/mol. The lowest BCUT2D eigenvalue weighted by Gasteiger charge is -2.22. The van der Waals surface area contributed by atoms with Gasteiger partial charge in [-0.05, 0) is 31.4 Å². The van der Waals surface area contributed by atoms with Crippen LogP contribution in [0, 0.1) is 5.41 Å². The van der Waals surface area contributed by atoms with Crippen molar-refractivity contribution in [3.63, 3.8) is 0 Å². The van der Waals surface area contributed by atoms with Crippen molar-refractivity contribution >= 4 is 17.8 Å². The van der Waals surface area contributed by atoms with Crippen LogP contribution in [0.15, 0.2) is 0 Å². The van der Waals surface area contributed by atoms with Gasteiger partial charge in [0.15, 0.2) is 0 Å². The van der Waals surface area contributed by atoms with Gasteiger partial charge in [-0.1, -0.05) is 20.8 Å². The minimum atomic E-state index is -0.845. The van der Waals surface area contributed by atoms with Gasteiger partial charge in [-0.25, -0.2) is 4.79 Å². The predicted molar refractivity (Wildman–Crippen MR) is 79.1 cm³/mol. The lowest BCUT2D eigenvalue weighted by atomic mass is 9.91. The summed E-state index contributed by atoms with van der Waals surface area (Å²) in [7, 11) is 0. The Morgan fingerprint density at radius 2 is 1.83 bits per heavy atom. The topological polar surface area (TPSA) is 61.4 Å². The molecule has 0 aliphatic heterocycles. The Morgan fingerprint density at radius 3 is 2.33 bits per heavy atom. The number of urea groups is 1. The van der Waals surface area contributed by atoms with Crippen molar-refractivity contribution < 1.29 is 9.90 Å². The van der Waals surface area contributed by atoms with Gasteiger partial charge in [-0.15, -0.1) is 0 Å². The zero-order valence-electron chi connectivity index (χ0n) is 12.3. The van der Waals surface area contributed by atoms with Gasteiger partial charge in [0, 0.05) is 18.8 Å². The maximum absolute atomic E-state index is 11.5. The highest BCUT2D eigenvalue weighted by Gasteiger charge is 2.20. The van der Waals surface area contributed by atoms with Crippen molar-refractivity contribution in [3.8, 4) is 0 Å². The van der Waals surface area contributed by atoms with Crippen molar-refractivity contribution in [1.82, 2.24) is 10.6 Å². The molecule has 3 N–H and O–H groups in total. The fourth-order valence-corrected chi connectivity index (χ4v) is 2.24. The van der Waals surface area contributed by atoms with Gasteiger partial charge in [0.05, 0.1) is 5.60 Å². The summed E-state index contributed by atoms with van der Waals surface area (Å²) in [5, 5.41) is 15.4. The second kappa shape index (κ2) is 7.89. The highest BCUT2D eigenvalue weighted by molar-refractivity contribution is 7.98. The van der Waals surface area contributed by atoms with Gasteiger partial charge < -0.3 is 15.7 Å². The highest BCUT2D eigenvalue weighted by atomic mass is 32.2. The van der Waals surface area contributed by atoms with Crippen LogP contribution in [0.4, 0.5) is 4.79 Å². The van der Waals surface area contributed by atoms with Gasteiger partial charge >= 0.3 is 6.03 Å². The van der Waals surface area contributed by atoms with E-state index in [2.05, 4.69) is 31.4 Å². The molecule has 0 aromatic rings. The van der Waals surface area contributed by atoms with E-state index in [0.717, 1.165) is 12.8 Å². The third kappa shape index (κ3) is 10.7. The number of hydrogen-bond acceptors (Lipinski definition) is 3. The van der Waals surface area contributed by atoms with Crippen molar-refractivity contribution in [2.45, 2.75) is 46.1 Å². The third-order valence-electron chi connectivity index (χ3n) is 2.47. The average Bonchev–Trinajstić information content (AvgIpc) is 2.20. The van der Waals surface area contributed by atoms with Crippen LogP contribution in [0.2, 0.25) is 0 Å². The first-order chi connectivity index (χ1) is 8.16. The van der Waals surface area contributed by atoms with E-state index in [1.807, 2.05) is 6.26 Å². The number of aliphatic hydroxyl groups is 1. The zero-order chi connectivity index (χ0) is 14.2. The molecule has 0 heterocycles. The summed E-state index contributed by atoms with van der Waals surface area (Å²) in [6.07, 6.45) is 3.98. The molecular formula is C13H28N2O2S. The molecule has 0 spiro atoms. The first-order valence-electron chi connectivity index (χ1n) is 6.39. The molecule has 0 aliphatic rings. The van der Waals surface area contributed by atoms with Gasteiger partial charge in [0.25, 0.3) is 0 Å². The molecule has 0 aliphatic carbocycles. The molecule has 0 saturated heterocycles. The van der Waals surface area contributed by atoms with Gasteiger partial charge in [0.2, 0.25) is 0 Å². The fraction of sp³-hybridized carbons (Fsp3) is 0.923. The molecule has 0 saturated carbocycles. The molecular weight excluding hydrogens is 248 g/mol. The summed E-state index contributed by atoms with van der Waals surface area (Å²) in [4.78, 5) is 11.5. The van der Waals surface area contributed by atoms with Crippen LogP contribution in [0.5, 0.6) is 0 Å². The second-order valence-corrected chi connectivity index (χ2v) is 7.07. The number of thioether (sulfide) groups is 1. The summed E-state index contributed by atoms with van der Waals surface area (Å²) < 4.78 is 0. The van der Waals surface area contributed by atoms with Crippen molar-refractivity contribution in [2.75, 3.05) is 25.1 Å². The Bertz CT molecular complexity index is 250. The molecule has 0 aromatic carbocycles. The van der Waals surface area contributed by atoms with Crippen LogP contribution in [0.3, 0.4) is 0 Å². The Labute approximate surface area is 115 Å². The Balaban J connectivity index is 3.66. The van der Waals surface area contributed by atoms with Crippen LogP contribution in [-0.4, -0.2) is 41.8 Å². The standard InChI is InChI=1S/C13H28N2O2S/c1-12(2,3)7-6-8-14-11(16)15-9-13(4,17)10-18-5/h17H,6-10H2,1-5H3,(H2,14,15,16). The summed E-state index contributed by atoms with van der Waals surface area (Å²) in [5.41, 5.74) is -0.539. The van der Waals surface area contributed by atoms with Crippen molar-refractivity contribution in [1.29, 1.82) is 0 Å². The van der Waals surface area contributed by atoms with Gasteiger partial charge in [0.1, 0.15) is 0 Å². The van der Waals surface area contributed by atoms with E-state index in [9.17, 15) is 9.90 Å². The van der Waals surface area contributed by atoms with E-state index < -0.39 is 5.60 Å². The molecule has 2 amide bonds. The summed E-state index contributed by atoms with van der Waals surface area (Å²) in [6.45, 7) is 9.24. The smallest absolute Gasteiger partial charge is 0.314 e. The second-order valence-electron chi connectivity index (χ2n) is 6.20. The van der Waals surface area contributed by atoms with E-state index >= 15 is 0 Å². The molecule has 1 atom stereocenters. The van der Waals surface area contributed by atoms with E-state index in [4.69, 9.17) is 0 Å². The molecule has 0 fully saturated rings. The zero-order valence-corrected chi connectivity index (χ0v) is 13.1. The van der Waals surface area contributed by atoms with Crippen LogP contribution in [0.1, 0.15) is 40.5 Å². The lowest BCUT2D eigenvalue weighted by molar-refractivity contribution is 0.0869. The average molecular weight is 276 g/mol. The molecule has 5 heteroatoms. The fourth-order valence-electron chi connectivity index (χ4n) is 1.52. The van der Waals surface area contributed by atoms with Crippen LogP contribution in [-0.2, 0) is 0 Å². The molecule has 18 heavy (non-hydrogen) atoms. The number of carbonyl (C=O) groups is 1. The summed E-state index contributed by atoms with van der Waals surface area (Å²) >= 11 is 1.56. The van der Waals surface area contributed by atoms with E-state index in [1.54, 1.807) is 18.7 Å². The molecule has 0 bridgehead atoms. The van der Waals surface area contributed by atoms with E-state index in [1.165, 1.54) is 0 Å². The molecule has 108 valence electrons. The third-order valence-corrected chi connectivity index (χ3v) is 3.38. The number of carbonyl (C=O) groups excluding carboxylic acids is 1. The molecule has 0 rings (SSSR count). The van der Waals surface area contributed by atoms with Crippen LogP contribution in [0.25, 0.3) is 0 Å². The Morgan fingerprint density at radius 1 is 1.22 bits per heavy atom. The summed E-state index contributed by atoms with van der Waals surface area (Å²) in [6, 6.07) is -0.203. The van der Waals surface area contributed by atoms with E-state index in [0.29, 0.717) is 17.7 Å². The minimum absolute atomic E-state index is 0.203. The van der Waals surface area contributed by atoms with E-state index in [-0.39, 0.29) is 12.6 Å². The van der Waals surface area contributed by atoms with Gasteiger partial charge in [-0.3, -0.25) is 0 Å². The normalized spacial score (nSPS) is 15.0. The Kier molecular flexibility index (Phi) is 7.71. The lowest BCUT2D eigenvalue weighted by Crippen LogP contribution is -2.46. The number of hydrogen-bond donors (Lipinski definition) is 3. The first kappa shape index (κ1) is 17.6. The van der Waals surface area contributed by atoms with Crippen LogP contribution >= 0.6 is 11.8 Å². The predicted octanol–water partition coefficient (Wildman–Crippen LogP) is 2.23. The highest BCUT2D eigenvalue weighted by Crippen LogP contribution is 2.19. The maximum atomic E-state index is 11.5. The molecule has 0 radical (unpaired) electrons. The Hall–Kier alpha value is -0.420. The first-order valence-corrected chi connectivity index (χ1v) is 7.79. The van der Waals surface area contributed by atoms with Crippen molar-refractivity contribution in [3.05, 3.63) is 0 Å². The SMILES string of the molecule is CSCC(C)(O)CNC(=O)NCCCC(C)(C)C. The minimum Gasteiger partial charge on any atom is -0.387 e. The van der Waals surface area contributed by atoms with Gasteiger partial charge in [-0.2, -0.15) is 11.8 Å². The maximum Gasteiger partial charge on any atom is 0.314 e. The summed E-state index contributed by atoms with van der Waals surface area (Å²) in [5.74, 6) is 0.608.